The molecule has 3 aromatic rings. The van der Waals surface area contributed by atoms with E-state index in [4.69, 9.17) is 0 Å². The molecular weight excluding hydrogens is 371 g/mol. The number of piperazine rings is 1. The fraction of sp³-hybridized carbons (Fsp3) is 0.381. The second kappa shape index (κ2) is 7.79. The summed E-state index contributed by atoms with van der Waals surface area (Å²) < 4.78 is 16.6. The summed E-state index contributed by atoms with van der Waals surface area (Å²) in [4.78, 5) is 23.7. The zero-order valence-corrected chi connectivity index (χ0v) is 16.9. The van der Waals surface area contributed by atoms with Crippen LogP contribution >= 0.6 is 0 Å². The van der Waals surface area contributed by atoms with E-state index in [2.05, 4.69) is 32.4 Å². The van der Waals surface area contributed by atoms with Gasteiger partial charge in [0, 0.05) is 37.6 Å². The molecule has 3 heterocycles. The van der Waals surface area contributed by atoms with Gasteiger partial charge >= 0.3 is 0 Å². The Labute approximate surface area is 169 Å². The summed E-state index contributed by atoms with van der Waals surface area (Å²) in [6.45, 7) is 8.45. The minimum Gasteiger partial charge on any atom is -0.369 e. The minimum absolute atomic E-state index is 0.00121. The van der Waals surface area contributed by atoms with E-state index in [9.17, 15) is 9.18 Å². The maximum atomic E-state index is 14.7. The van der Waals surface area contributed by atoms with Crippen molar-refractivity contribution in [2.45, 2.75) is 33.2 Å². The van der Waals surface area contributed by atoms with Crippen LogP contribution in [-0.4, -0.2) is 46.0 Å². The number of aromatic nitrogens is 3. The molecular formula is C21H25FN6O. The molecule has 1 aliphatic heterocycles. The highest BCUT2D eigenvalue weighted by Gasteiger charge is 2.19. The summed E-state index contributed by atoms with van der Waals surface area (Å²) in [5.74, 6) is -0.689. The van der Waals surface area contributed by atoms with Crippen molar-refractivity contribution >= 4 is 23.1 Å². The molecule has 0 saturated carbocycles. The summed E-state index contributed by atoms with van der Waals surface area (Å²) in [7, 11) is 0. The first-order valence-corrected chi connectivity index (χ1v) is 9.89. The molecule has 0 bridgehead atoms. The zero-order valence-electron chi connectivity index (χ0n) is 16.9. The lowest BCUT2D eigenvalue weighted by molar-refractivity contribution is 0.102. The number of rotatable bonds is 4. The Morgan fingerprint density at radius 1 is 1.34 bits per heavy atom. The third-order valence-electron chi connectivity index (χ3n) is 5.14. The molecule has 4 rings (SSSR count). The average Bonchev–Trinajstić information content (AvgIpc) is 3.07. The van der Waals surface area contributed by atoms with Crippen molar-refractivity contribution in [3.63, 3.8) is 0 Å². The number of carbonyl (C=O) groups is 1. The average molecular weight is 396 g/mol. The molecule has 0 radical (unpaired) electrons. The number of nitrogens with zero attached hydrogens (tertiary/aromatic N) is 4. The number of hydrogen-bond acceptors (Lipinski definition) is 5. The Kier molecular flexibility index (Phi) is 5.19. The van der Waals surface area contributed by atoms with E-state index < -0.39 is 11.7 Å². The van der Waals surface area contributed by atoms with E-state index in [1.807, 2.05) is 24.4 Å². The first-order valence-electron chi connectivity index (χ1n) is 9.89. The van der Waals surface area contributed by atoms with Gasteiger partial charge in [-0.1, -0.05) is 6.92 Å². The number of benzene rings is 1. The molecule has 0 spiro atoms. The molecule has 1 aliphatic rings. The highest BCUT2D eigenvalue weighted by atomic mass is 19.1. The quantitative estimate of drug-likeness (QED) is 0.709. The maximum absolute atomic E-state index is 14.7. The van der Waals surface area contributed by atoms with Crippen molar-refractivity contribution < 1.29 is 9.18 Å². The number of halogens is 1. The van der Waals surface area contributed by atoms with E-state index in [1.54, 1.807) is 12.3 Å². The van der Waals surface area contributed by atoms with E-state index in [1.165, 1.54) is 12.1 Å². The number of nitrogens with one attached hydrogen (secondary N) is 2. The second-order valence-corrected chi connectivity index (χ2v) is 7.46. The molecule has 8 heteroatoms. The van der Waals surface area contributed by atoms with Crippen molar-refractivity contribution in [1.29, 1.82) is 0 Å². The predicted molar refractivity (Wildman–Crippen MR) is 111 cm³/mol. The van der Waals surface area contributed by atoms with Crippen LogP contribution in [0.1, 0.15) is 35.6 Å². The van der Waals surface area contributed by atoms with Crippen molar-refractivity contribution in [2.24, 2.45) is 0 Å². The highest BCUT2D eigenvalue weighted by Crippen LogP contribution is 2.21. The Bertz CT molecular complexity index is 1060. The van der Waals surface area contributed by atoms with Gasteiger partial charge in [0.15, 0.2) is 5.65 Å². The van der Waals surface area contributed by atoms with E-state index in [-0.39, 0.29) is 5.56 Å². The van der Waals surface area contributed by atoms with Crippen LogP contribution in [0.2, 0.25) is 0 Å². The van der Waals surface area contributed by atoms with Gasteiger partial charge in [-0.2, -0.15) is 0 Å². The van der Waals surface area contributed by atoms with Crippen molar-refractivity contribution in [3.05, 3.63) is 53.4 Å². The lowest BCUT2D eigenvalue weighted by Crippen LogP contribution is -2.49. The molecule has 1 atom stereocenters. The van der Waals surface area contributed by atoms with Gasteiger partial charge in [-0.3, -0.25) is 4.79 Å². The minimum atomic E-state index is -0.540. The van der Waals surface area contributed by atoms with E-state index in [0.717, 1.165) is 42.4 Å². The van der Waals surface area contributed by atoms with Gasteiger partial charge in [0.05, 0.1) is 23.1 Å². The van der Waals surface area contributed by atoms with Gasteiger partial charge in [0.25, 0.3) is 5.91 Å². The second-order valence-electron chi connectivity index (χ2n) is 7.46. The number of fused-ring (bicyclic) bond motifs is 1. The van der Waals surface area contributed by atoms with Crippen LogP contribution in [0.25, 0.3) is 5.65 Å². The molecule has 1 fully saturated rings. The predicted octanol–water partition coefficient (Wildman–Crippen LogP) is 2.79. The number of carbonyl (C=O) groups excluding carboxylic acids is 1. The van der Waals surface area contributed by atoms with Crippen LogP contribution in [-0.2, 0) is 6.42 Å². The molecule has 1 amide bonds. The normalized spacial score (nSPS) is 17.0. The van der Waals surface area contributed by atoms with E-state index >= 15 is 0 Å². The zero-order chi connectivity index (χ0) is 20.5. The number of imidazole rings is 1. The van der Waals surface area contributed by atoms with Crippen LogP contribution in [0.15, 0.2) is 30.6 Å². The van der Waals surface area contributed by atoms with Crippen LogP contribution < -0.4 is 15.5 Å². The fourth-order valence-electron chi connectivity index (χ4n) is 3.72. The Hall–Kier alpha value is -3.00. The van der Waals surface area contributed by atoms with Gasteiger partial charge in [0.2, 0.25) is 0 Å². The third kappa shape index (κ3) is 3.93. The van der Waals surface area contributed by atoms with Crippen LogP contribution in [0.4, 0.5) is 15.9 Å². The number of amides is 1. The molecule has 0 aliphatic carbocycles. The summed E-state index contributed by atoms with van der Waals surface area (Å²) in [6, 6.07) is 5.10. The number of anilines is 2. The topological polar surface area (TPSA) is 74.6 Å². The van der Waals surface area contributed by atoms with Gasteiger partial charge in [-0.15, -0.1) is 0 Å². The first kappa shape index (κ1) is 19.3. The summed E-state index contributed by atoms with van der Waals surface area (Å²) >= 11 is 0. The van der Waals surface area contributed by atoms with Crippen molar-refractivity contribution in [2.75, 3.05) is 29.9 Å². The van der Waals surface area contributed by atoms with Crippen molar-refractivity contribution in [3.8, 4) is 0 Å². The molecule has 152 valence electrons. The fourth-order valence-corrected chi connectivity index (χ4v) is 3.72. The number of aryl methyl sites for hydroxylation is 2. The summed E-state index contributed by atoms with van der Waals surface area (Å²) in [6.07, 6.45) is 4.24. The molecule has 2 aromatic heterocycles. The molecule has 7 nitrogen and oxygen atoms in total. The van der Waals surface area contributed by atoms with E-state index in [0.29, 0.717) is 18.3 Å². The molecule has 0 unspecified atom stereocenters. The Morgan fingerprint density at radius 2 is 2.17 bits per heavy atom. The van der Waals surface area contributed by atoms with Gasteiger partial charge < -0.3 is 19.9 Å². The first-order chi connectivity index (χ1) is 13.9. The van der Waals surface area contributed by atoms with Crippen LogP contribution in [0.5, 0.6) is 0 Å². The Balaban J connectivity index is 1.56. The SMILES string of the molecule is CCc1nc(NC(=O)c2ccc(N3CCN[C@H](C)C3)cc2F)cn2cc(C)nc12. The third-order valence-corrected chi connectivity index (χ3v) is 5.14. The number of hydrogen-bond donors (Lipinski definition) is 2. The van der Waals surface area contributed by atoms with Crippen molar-refractivity contribution in [1.82, 2.24) is 19.7 Å². The monoisotopic (exact) mass is 396 g/mol. The molecule has 1 aromatic carbocycles. The smallest absolute Gasteiger partial charge is 0.259 e. The lowest BCUT2D eigenvalue weighted by atomic mass is 10.1. The molecule has 29 heavy (non-hydrogen) atoms. The standard InChI is InChI=1S/C21H25FN6O/c1-4-18-20-24-14(3)11-28(20)12-19(25-18)26-21(29)16-6-5-15(9-17(16)22)27-8-7-23-13(2)10-27/h5-6,9,11-13,23H,4,7-8,10H2,1-3H3,(H,26,29)/t13-/m1/s1. The van der Waals surface area contributed by atoms with Gasteiger partial charge in [-0.05, 0) is 38.5 Å². The lowest BCUT2D eigenvalue weighted by Gasteiger charge is -2.33. The van der Waals surface area contributed by atoms with Gasteiger partial charge in [-0.25, -0.2) is 14.4 Å². The Morgan fingerprint density at radius 3 is 2.90 bits per heavy atom. The highest BCUT2D eigenvalue weighted by molar-refractivity contribution is 6.04. The molecule has 2 N–H and O–H groups in total. The summed E-state index contributed by atoms with van der Waals surface area (Å²) in [5, 5.41) is 6.08. The molecule has 1 saturated heterocycles. The van der Waals surface area contributed by atoms with Gasteiger partial charge in [0.1, 0.15) is 11.6 Å². The maximum Gasteiger partial charge on any atom is 0.259 e. The van der Waals surface area contributed by atoms with Crippen LogP contribution in [0.3, 0.4) is 0 Å². The van der Waals surface area contributed by atoms with Crippen LogP contribution in [0, 0.1) is 12.7 Å². The summed E-state index contributed by atoms with van der Waals surface area (Å²) in [5.41, 5.74) is 3.20. The largest absolute Gasteiger partial charge is 0.369 e.